The zero-order chi connectivity index (χ0) is 14.6. The molecule has 1 aromatic heterocycles. The number of hydrogen-bond acceptors (Lipinski definition) is 5. The maximum atomic E-state index is 12.2. The molecule has 0 unspecified atom stereocenters. The fraction of sp³-hybridized carbons (Fsp3) is 0.250. The molecular weight excluding hydrogens is 346 g/mol. The molecule has 0 radical (unpaired) electrons. The van der Waals surface area contributed by atoms with Crippen molar-refractivity contribution in [2.75, 3.05) is 7.05 Å². The number of sulfonamides is 1. The van der Waals surface area contributed by atoms with E-state index in [1.807, 2.05) is 7.05 Å². The van der Waals surface area contributed by atoms with Gasteiger partial charge in [-0.25, -0.2) is 13.1 Å². The van der Waals surface area contributed by atoms with Crippen LogP contribution in [0.3, 0.4) is 0 Å². The van der Waals surface area contributed by atoms with Gasteiger partial charge in [0.25, 0.3) is 0 Å². The predicted molar refractivity (Wildman–Crippen MR) is 77.4 cm³/mol. The van der Waals surface area contributed by atoms with Gasteiger partial charge in [-0.15, -0.1) is 0 Å². The molecule has 6 nitrogen and oxygen atoms in total. The third-order valence-electron chi connectivity index (χ3n) is 2.60. The standard InChI is InChI=1S/C12H14BrN3O3S/c1-14-7-9-2-3-12(11(13)6-9)20(17,18)15-8-10-4-5-19-16-10/h2-6,14-15H,7-8H2,1H3. The fourth-order valence-electron chi connectivity index (χ4n) is 1.65. The average Bonchev–Trinajstić information content (AvgIpc) is 2.90. The third kappa shape index (κ3) is 3.66. The fourth-order valence-corrected chi connectivity index (χ4v) is 3.77. The summed E-state index contributed by atoms with van der Waals surface area (Å²) in [5, 5.41) is 6.66. The van der Waals surface area contributed by atoms with E-state index in [1.165, 1.54) is 6.26 Å². The van der Waals surface area contributed by atoms with Gasteiger partial charge in [0.1, 0.15) is 6.26 Å². The van der Waals surface area contributed by atoms with Crippen molar-refractivity contribution < 1.29 is 12.9 Å². The first-order chi connectivity index (χ1) is 9.53. The smallest absolute Gasteiger partial charge is 0.242 e. The maximum absolute atomic E-state index is 12.2. The third-order valence-corrected chi connectivity index (χ3v) is 4.98. The summed E-state index contributed by atoms with van der Waals surface area (Å²) in [7, 11) is -1.77. The van der Waals surface area contributed by atoms with Crippen LogP contribution >= 0.6 is 15.9 Å². The normalized spacial score (nSPS) is 11.7. The van der Waals surface area contributed by atoms with E-state index in [9.17, 15) is 8.42 Å². The van der Waals surface area contributed by atoms with Gasteiger partial charge < -0.3 is 9.84 Å². The summed E-state index contributed by atoms with van der Waals surface area (Å²) in [4.78, 5) is 0.195. The molecule has 0 amide bonds. The van der Waals surface area contributed by atoms with Crippen LogP contribution in [-0.4, -0.2) is 20.6 Å². The maximum Gasteiger partial charge on any atom is 0.242 e. The van der Waals surface area contributed by atoms with Crippen molar-refractivity contribution in [3.8, 4) is 0 Å². The number of aromatic nitrogens is 1. The number of nitrogens with one attached hydrogen (secondary N) is 2. The molecular formula is C12H14BrN3O3S. The van der Waals surface area contributed by atoms with Crippen LogP contribution in [0, 0.1) is 0 Å². The van der Waals surface area contributed by atoms with Crippen LogP contribution in [0.1, 0.15) is 11.3 Å². The van der Waals surface area contributed by atoms with Crippen molar-refractivity contribution in [1.82, 2.24) is 15.2 Å². The molecule has 20 heavy (non-hydrogen) atoms. The number of nitrogens with zero attached hydrogens (tertiary/aromatic N) is 1. The van der Waals surface area contributed by atoms with E-state index < -0.39 is 10.0 Å². The summed E-state index contributed by atoms with van der Waals surface area (Å²) in [5.41, 5.74) is 1.52. The summed E-state index contributed by atoms with van der Waals surface area (Å²) in [6, 6.07) is 6.72. The molecule has 0 bridgehead atoms. The topological polar surface area (TPSA) is 84.2 Å². The Bertz CT molecular complexity index is 671. The van der Waals surface area contributed by atoms with Crippen LogP contribution in [0.2, 0.25) is 0 Å². The van der Waals surface area contributed by atoms with Gasteiger partial charge in [-0.1, -0.05) is 11.2 Å². The summed E-state index contributed by atoms with van der Waals surface area (Å²) in [6.45, 7) is 0.759. The Morgan fingerprint density at radius 3 is 2.70 bits per heavy atom. The van der Waals surface area contributed by atoms with Gasteiger partial charge in [0, 0.05) is 17.1 Å². The lowest BCUT2D eigenvalue weighted by Crippen LogP contribution is -2.23. The Hall–Kier alpha value is -1.22. The van der Waals surface area contributed by atoms with E-state index in [2.05, 4.69) is 35.6 Å². The molecule has 0 saturated carbocycles. The molecule has 0 aliphatic heterocycles. The summed E-state index contributed by atoms with van der Waals surface area (Å²) >= 11 is 3.29. The highest BCUT2D eigenvalue weighted by atomic mass is 79.9. The molecule has 1 aromatic carbocycles. The summed E-state index contributed by atoms with van der Waals surface area (Å²) in [5.74, 6) is 0. The molecule has 2 rings (SSSR count). The second-order valence-electron chi connectivity index (χ2n) is 4.11. The Kier molecular flexibility index (Phi) is 4.92. The van der Waals surface area contributed by atoms with E-state index in [-0.39, 0.29) is 11.4 Å². The molecule has 0 atom stereocenters. The van der Waals surface area contributed by atoms with Crippen molar-refractivity contribution in [2.45, 2.75) is 18.0 Å². The quantitative estimate of drug-likeness (QED) is 0.818. The molecule has 108 valence electrons. The number of benzene rings is 1. The van der Waals surface area contributed by atoms with Gasteiger partial charge in [0.15, 0.2) is 0 Å². The lowest BCUT2D eigenvalue weighted by atomic mass is 10.2. The van der Waals surface area contributed by atoms with Crippen molar-refractivity contribution in [1.29, 1.82) is 0 Å². The minimum absolute atomic E-state index is 0.0868. The van der Waals surface area contributed by atoms with E-state index in [0.29, 0.717) is 16.7 Å². The first kappa shape index (κ1) is 15.2. The van der Waals surface area contributed by atoms with E-state index in [1.54, 1.807) is 24.3 Å². The molecule has 2 N–H and O–H groups in total. The van der Waals surface area contributed by atoms with E-state index in [0.717, 1.165) is 5.56 Å². The molecule has 0 fully saturated rings. The second-order valence-corrected chi connectivity index (χ2v) is 6.70. The largest absolute Gasteiger partial charge is 0.364 e. The molecule has 0 saturated heterocycles. The van der Waals surface area contributed by atoms with Crippen LogP contribution in [0.5, 0.6) is 0 Å². The molecule has 0 spiro atoms. The Labute approximate surface area is 125 Å². The monoisotopic (exact) mass is 359 g/mol. The lowest BCUT2D eigenvalue weighted by molar-refractivity contribution is 0.411. The molecule has 2 aromatic rings. The zero-order valence-corrected chi connectivity index (χ0v) is 13.2. The van der Waals surface area contributed by atoms with E-state index in [4.69, 9.17) is 0 Å². The molecule has 1 heterocycles. The summed E-state index contributed by atoms with van der Waals surface area (Å²) in [6.07, 6.45) is 1.39. The van der Waals surface area contributed by atoms with Gasteiger partial charge in [0.05, 0.1) is 17.1 Å². The first-order valence-corrected chi connectivity index (χ1v) is 8.12. The van der Waals surface area contributed by atoms with Crippen LogP contribution in [0.25, 0.3) is 0 Å². The Balaban J connectivity index is 2.16. The van der Waals surface area contributed by atoms with Crippen LogP contribution in [0.4, 0.5) is 0 Å². The SMILES string of the molecule is CNCc1ccc(S(=O)(=O)NCc2ccon2)c(Br)c1. The summed E-state index contributed by atoms with van der Waals surface area (Å²) < 4.78 is 32.1. The zero-order valence-electron chi connectivity index (χ0n) is 10.8. The minimum Gasteiger partial charge on any atom is -0.364 e. The highest BCUT2D eigenvalue weighted by Crippen LogP contribution is 2.23. The predicted octanol–water partition coefficient (Wildman–Crippen LogP) is 1.63. The molecule has 0 aliphatic rings. The van der Waals surface area contributed by atoms with Gasteiger partial charge in [-0.3, -0.25) is 0 Å². The Morgan fingerprint density at radius 2 is 2.10 bits per heavy atom. The van der Waals surface area contributed by atoms with E-state index >= 15 is 0 Å². The number of halogens is 1. The van der Waals surface area contributed by atoms with Crippen LogP contribution in [0.15, 0.2) is 44.4 Å². The van der Waals surface area contributed by atoms with Gasteiger partial charge in [-0.05, 0) is 40.7 Å². The van der Waals surface area contributed by atoms with Crippen LogP contribution in [-0.2, 0) is 23.1 Å². The number of rotatable bonds is 6. The van der Waals surface area contributed by atoms with Crippen LogP contribution < -0.4 is 10.0 Å². The van der Waals surface area contributed by atoms with Gasteiger partial charge in [-0.2, -0.15) is 0 Å². The van der Waals surface area contributed by atoms with Crippen molar-refractivity contribution in [2.24, 2.45) is 0 Å². The highest BCUT2D eigenvalue weighted by molar-refractivity contribution is 9.10. The van der Waals surface area contributed by atoms with Gasteiger partial charge in [0.2, 0.25) is 10.0 Å². The van der Waals surface area contributed by atoms with Crippen molar-refractivity contribution in [3.05, 3.63) is 46.3 Å². The second kappa shape index (κ2) is 6.49. The lowest BCUT2D eigenvalue weighted by Gasteiger charge is -2.09. The number of hydrogen-bond donors (Lipinski definition) is 2. The van der Waals surface area contributed by atoms with Crippen molar-refractivity contribution in [3.63, 3.8) is 0 Å². The first-order valence-electron chi connectivity index (χ1n) is 5.85. The minimum atomic E-state index is -3.60. The molecule has 0 aliphatic carbocycles. The van der Waals surface area contributed by atoms with Gasteiger partial charge >= 0.3 is 0 Å². The average molecular weight is 360 g/mol. The highest BCUT2D eigenvalue weighted by Gasteiger charge is 2.18. The Morgan fingerprint density at radius 1 is 1.30 bits per heavy atom. The molecule has 8 heteroatoms. The van der Waals surface area contributed by atoms with Crippen molar-refractivity contribution >= 4 is 26.0 Å².